The fraction of sp³-hybridized carbons (Fsp3) is 0.400. The molecule has 1 aliphatic rings. The van der Waals surface area contributed by atoms with Crippen LogP contribution in [0, 0.1) is 15.3 Å². The van der Waals surface area contributed by atoms with Gasteiger partial charge in [0.25, 0.3) is 11.5 Å². The van der Waals surface area contributed by atoms with Crippen LogP contribution in [0.1, 0.15) is 5.56 Å². The van der Waals surface area contributed by atoms with Crippen LogP contribution < -0.4 is 10.4 Å². The van der Waals surface area contributed by atoms with Crippen molar-refractivity contribution < 1.29 is 40.8 Å². The maximum atomic E-state index is 13.4. The van der Waals surface area contributed by atoms with E-state index in [1.165, 1.54) is 0 Å². The quantitative estimate of drug-likeness (QED) is 0.486. The Labute approximate surface area is 127 Å². The molecule has 0 aromatic heterocycles. The van der Waals surface area contributed by atoms with Crippen molar-refractivity contribution in [1.82, 2.24) is 0 Å². The second kappa shape index (κ2) is 5.07. The molecule has 1 aromatic rings. The summed E-state index contributed by atoms with van der Waals surface area (Å²) in [6, 6.07) is -0.173. The lowest BCUT2D eigenvalue weighted by Gasteiger charge is -2.43. The maximum Gasteiger partial charge on any atom is 0.416 e. The van der Waals surface area contributed by atoms with E-state index >= 15 is 0 Å². The number of anilines is 2. The molecule has 1 aliphatic heterocycles. The van der Waals surface area contributed by atoms with Crippen LogP contribution in [-0.2, 0) is 6.18 Å². The summed E-state index contributed by atoms with van der Waals surface area (Å²) in [5, 5.41) is 32.0. The van der Waals surface area contributed by atoms with Gasteiger partial charge in [0.05, 0.1) is 16.2 Å². The molecule has 0 saturated heterocycles. The van der Waals surface area contributed by atoms with Gasteiger partial charge >= 0.3 is 18.5 Å². The lowest BCUT2D eigenvalue weighted by atomic mass is 10.1. The molecule has 0 spiro atoms. The molecule has 1 atom stereocenters. The first-order valence-electron chi connectivity index (χ1n) is 5.77. The van der Waals surface area contributed by atoms with Crippen LogP contribution in [0.15, 0.2) is 12.1 Å². The molecule has 0 fully saturated rings. The van der Waals surface area contributed by atoms with E-state index in [1.54, 1.807) is 0 Å². The molecule has 0 radical (unpaired) electrons. The summed E-state index contributed by atoms with van der Waals surface area (Å²) in [6.45, 7) is 0. The number of nitro groups is 1. The summed E-state index contributed by atoms with van der Waals surface area (Å²) in [7, 11) is 0. The monoisotopic (exact) mass is 364 g/mol. The Morgan fingerprint density at radius 3 is 2.21 bits per heavy atom. The number of nitro benzene ring substituents is 1. The highest BCUT2D eigenvalue weighted by Crippen LogP contribution is 2.52. The summed E-state index contributed by atoms with van der Waals surface area (Å²) in [5.41, 5.74) is -5.94. The molecule has 1 aromatic carbocycles. The fourth-order valence-corrected chi connectivity index (χ4v) is 1.98. The molecular weight excluding hydrogens is 359 g/mol. The lowest BCUT2D eigenvalue weighted by molar-refractivity contribution is -0.384. The van der Waals surface area contributed by atoms with Gasteiger partial charge < -0.3 is 20.7 Å². The molecular formula is C10H5F7N3O4-. The normalized spacial score (nSPS) is 21.0. The Morgan fingerprint density at radius 2 is 1.79 bits per heavy atom. The molecule has 2 rings (SSSR count). The van der Waals surface area contributed by atoms with Crippen molar-refractivity contribution in [3.8, 4) is 0 Å². The van der Waals surface area contributed by atoms with Gasteiger partial charge in [0.1, 0.15) is 5.69 Å². The van der Waals surface area contributed by atoms with Gasteiger partial charge in [-0.3, -0.25) is 10.1 Å². The minimum atomic E-state index is -5.46. The average molecular weight is 364 g/mol. The van der Waals surface area contributed by atoms with Gasteiger partial charge in [-0.05, 0) is 6.07 Å². The van der Waals surface area contributed by atoms with Crippen LogP contribution >= 0.6 is 0 Å². The summed E-state index contributed by atoms with van der Waals surface area (Å²) in [4.78, 5) is 9.34. The number of benzene rings is 1. The summed E-state index contributed by atoms with van der Waals surface area (Å²) < 4.78 is 89.7. The van der Waals surface area contributed by atoms with Crippen molar-refractivity contribution in [3.63, 3.8) is 0 Å². The third-order valence-corrected chi connectivity index (χ3v) is 3.17. The number of alkyl halides is 7. The fourth-order valence-electron chi connectivity index (χ4n) is 1.98. The van der Waals surface area contributed by atoms with E-state index in [2.05, 4.69) is 0 Å². The third kappa shape index (κ3) is 2.37. The Balaban J connectivity index is 2.69. The van der Waals surface area contributed by atoms with Gasteiger partial charge in [0, 0.05) is 6.07 Å². The number of fused-ring (bicyclic) bond motifs is 1. The molecule has 2 N–H and O–H groups in total. The van der Waals surface area contributed by atoms with Gasteiger partial charge in [-0.1, -0.05) is 0 Å². The van der Waals surface area contributed by atoms with Crippen molar-refractivity contribution in [3.05, 3.63) is 33.0 Å². The molecule has 7 nitrogen and oxygen atoms in total. The van der Waals surface area contributed by atoms with Crippen molar-refractivity contribution in [1.29, 1.82) is 0 Å². The van der Waals surface area contributed by atoms with Crippen LogP contribution in [0.5, 0.6) is 0 Å². The largest absolute Gasteiger partial charge is 0.755 e. The van der Waals surface area contributed by atoms with E-state index in [4.69, 9.17) is 0 Å². The number of hydroxylamine groups is 1. The van der Waals surface area contributed by atoms with E-state index in [0.29, 0.717) is 0 Å². The predicted octanol–water partition coefficient (Wildman–Crippen LogP) is 2.89. The van der Waals surface area contributed by atoms with Crippen LogP contribution in [-0.4, -0.2) is 28.2 Å². The van der Waals surface area contributed by atoms with Gasteiger partial charge in [-0.25, -0.2) is 8.78 Å². The zero-order valence-corrected chi connectivity index (χ0v) is 10.9. The first kappa shape index (κ1) is 18.0. The zero-order valence-electron chi connectivity index (χ0n) is 10.9. The summed E-state index contributed by atoms with van der Waals surface area (Å²) in [6.07, 6.45) is -9.80. The number of aliphatic hydroxyl groups is 1. The molecule has 0 amide bonds. The third-order valence-electron chi connectivity index (χ3n) is 3.17. The SMILES string of the molecule is O=[N+]([O-])c1cc(C(F)(F)F)cc2c1NC(O)(C(F)(F)C(F)F)N2[O-]. The van der Waals surface area contributed by atoms with Gasteiger partial charge in [0.2, 0.25) is 0 Å². The highest BCUT2D eigenvalue weighted by atomic mass is 19.4. The number of hydrogen-bond acceptors (Lipinski definition) is 6. The Morgan fingerprint density at radius 1 is 1.25 bits per heavy atom. The molecule has 24 heavy (non-hydrogen) atoms. The highest BCUT2D eigenvalue weighted by molar-refractivity contribution is 5.86. The van der Waals surface area contributed by atoms with E-state index < -0.39 is 57.0 Å². The Bertz CT molecular complexity index is 696. The second-order valence-corrected chi connectivity index (χ2v) is 4.66. The summed E-state index contributed by atoms with van der Waals surface area (Å²) >= 11 is 0. The molecule has 1 heterocycles. The van der Waals surface area contributed by atoms with Crippen LogP contribution in [0.4, 0.5) is 47.8 Å². The van der Waals surface area contributed by atoms with Gasteiger partial charge in [0.15, 0.2) is 0 Å². The lowest BCUT2D eigenvalue weighted by Crippen LogP contribution is -2.64. The number of halogens is 7. The molecule has 0 saturated carbocycles. The number of nitrogens with zero attached hydrogens (tertiary/aromatic N) is 2. The van der Waals surface area contributed by atoms with Gasteiger partial charge in [-0.2, -0.15) is 22.0 Å². The first-order chi connectivity index (χ1) is 10.7. The Kier molecular flexibility index (Phi) is 3.80. The summed E-state index contributed by atoms with van der Waals surface area (Å²) in [5.74, 6) is -9.86. The molecule has 0 aliphatic carbocycles. The van der Waals surface area contributed by atoms with Crippen LogP contribution in [0.3, 0.4) is 0 Å². The molecule has 0 bridgehead atoms. The smallest absolute Gasteiger partial charge is 0.416 e. The molecule has 1 unspecified atom stereocenters. The standard InChI is InChI=1S/C10H5F7N3O4/c11-7(12)8(13,14)10(21)18-6-4(19(10)22)1-3(9(15,16)17)2-5(6)20(23)24/h1-2,7,18,21H/q-1. The molecule has 14 heteroatoms. The number of nitrogens with one attached hydrogen (secondary N) is 1. The minimum Gasteiger partial charge on any atom is -0.755 e. The second-order valence-electron chi connectivity index (χ2n) is 4.66. The van der Waals surface area contributed by atoms with E-state index in [0.717, 1.165) is 5.32 Å². The van der Waals surface area contributed by atoms with Crippen LogP contribution in [0.25, 0.3) is 0 Å². The maximum absolute atomic E-state index is 13.4. The average Bonchev–Trinajstić information content (AvgIpc) is 2.70. The number of hydrogen-bond donors (Lipinski definition) is 2. The Hall–Kier alpha value is -2.35. The molecule has 134 valence electrons. The van der Waals surface area contributed by atoms with Crippen molar-refractivity contribution in [2.75, 3.05) is 10.4 Å². The minimum absolute atomic E-state index is 0.0815. The predicted molar refractivity (Wildman–Crippen MR) is 63.5 cm³/mol. The van der Waals surface area contributed by atoms with Gasteiger partial charge in [-0.15, -0.1) is 0 Å². The van der Waals surface area contributed by atoms with Crippen molar-refractivity contribution in [2.24, 2.45) is 0 Å². The zero-order chi connectivity index (χ0) is 18.7. The van der Waals surface area contributed by atoms with Crippen LogP contribution in [0.2, 0.25) is 0 Å². The highest BCUT2D eigenvalue weighted by Gasteiger charge is 2.65. The first-order valence-corrected chi connectivity index (χ1v) is 5.77. The van der Waals surface area contributed by atoms with Crippen molar-refractivity contribution in [2.45, 2.75) is 24.4 Å². The number of rotatable bonds is 3. The van der Waals surface area contributed by atoms with Crippen molar-refractivity contribution >= 4 is 17.1 Å². The van der Waals surface area contributed by atoms with E-state index in [1.807, 2.05) is 0 Å². The topological polar surface area (TPSA) is 102 Å². The van der Waals surface area contributed by atoms with E-state index in [-0.39, 0.29) is 12.1 Å². The van der Waals surface area contributed by atoms with E-state index in [9.17, 15) is 51.2 Å².